The lowest BCUT2D eigenvalue weighted by atomic mass is 9.99. The number of rotatable bonds is 4. The van der Waals surface area contributed by atoms with E-state index in [1.165, 1.54) is 11.1 Å². The van der Waals surface area contributed by atoms with Crippen molar-refractivity contribution in [2.45, 2.75) is 11.8 Å². The molecule has 5 heteroatoms. The number of ether oxygens (including phenoxy) is 2. The number of benzene rings is 2. The molecular weight excluding hydrogens is 464 g/mol. The highest BCUT2D eigenvalue weighted by Crippen LogP contribution is 2.45. The Morgan fingerprint density at radius 1 is 0.952 bits per heavy atom. The maximum atomic E-state index is 5.56. The Balaban J connectivity index is 2.56. The van der Waals surface area contributed by atoms with Crippen molar-refractivity contribution >= 4 is 47.8 Å². The van der Waals surface area contributed by atoms with E-state index >= 15 is 0 Å². The number of hydrogen-bond donors (Lipinski definition) is 0. The second-order valence-electron chi connectivity index (χ2n) is 4.52. The Kier molecular flexibility index (Phi) is 5.74. The summed E-state index contributed by atoms with van der Waals surface area (Å²) in [4.78, 5) is 0.0344. The normalized spacial score (nSPS) is 12.1. The molecule has 0 radical (unpaired) electrons. The van der Waals surface area contributed by atoms with Crippen LogP contribution in [0, 0.1) is 6.92 Å². The van der Waals surface area contributed by atoms with Crippen molar-refractivity contribution < 1.29 is 9.47 Å². The molecule has 0 amide bonds. The van der Waals surface area contributed by atoms with Crippen molar-refractivity contribution in [1.82, 2.24) is 0 Å². The zero-order chi connectivity index (χ0) is 15.6. The topological polar surface area (TPSA) is 18.5 Å². The third kappa shape index (κ3) is 3.30. The summed E-state index contributed by atoms with van der Waals surface area (Å²) in [5.41, 5.74) is 3.44. The van der Waals surface area contributed by atoms with E-state index in [9.17, 15) is 0 Å². The Hall–Kier alpha value is -0.520. The fraction of sp³-hybridized carbons (Fsp3) is 0.250. The molecule has 0 aromatic heterocycles. The van der Waals surface area contributed by atoms with Gasteiger partial charge in [-0.25, -0.2) is 0 Å². The first-order valence-electron chi connectivity index (χ1n) is 6.30. The number of methoxy groups -OCH3 is 2. The van der Waals surface area contributed by atoms with Gasteiger partial charge in [0, 0.05) is 10.0 Å². The van der Waals surface area contributed by atoms with Gasteiger partial charge in [0.05, 0.1) is 19.0 Å². The summed E-state index contributed by atoms with van der Waals surface area (Å²) in [5, 5.41) is 0. The molecule has 2 aromatic carbocycles. The second-order valence-corrected chi connectivity index (χ2v) is 7.08. The molecule has 2 aromatic rings. The van der Waals surface area contributed by atoms with Gasteiger partial charge in [0.15, 0.2) is 0 Å². The van der Waals surface area contributed by atoms with Gasteiger partial charge >= 0.3 is 0 Å². The molecule has 0 saturated carbocycles. The summed E-state index contributed by atoms with van der Waals surface area (Å²) in [6.07, 6.45) is 0. The maximum absolute atomic E-state index is 5.56. The molecule has 0 bridgehead atoms. The van der Waals surface area contributed by atoms with E-state index in [1.54, 1.807) is 14.2 Å². The number of hydrogen-bond acceptors (Lipinski definition) is 2. The highest BCUT2D eigenvalue weighted by molar-refractivity contribution is 9.11. The molecule has 0 spiro atoms. The van der Waals surface area contributed by atoms with Crippen LogP contribution in [0.3, 0.4) is 0 Å². The highest BCUT2D eigenvalue weighted by Gasteiger charge is 2.21. The fourth-order valence-corrected chi connectivity index (χ4v) is 4.11. The van der Waals surface area contributed by atoms with Crippen LogP contribution in [0.5, 0.6) is 11.5 Å². The molecule has 21 heavy (non-hydrogen) atoms. The van der Waals surface area contributed by atoms with Crippen molar-refractivity contribution in [2.75, 3.05) is 14.2 Å². The Labute approximate surface area is 150 Å². The Bertz CT molecular complexity index is 656. The van der Waals surface area contributed by atoms with Gasteiger partial charge in [0.1, 0.15) is 16.0 Å². The van der Waals surface area contributed by atoms with E-state index in [-0.39, 0.29) is 4.83 Å². The van der Waals surface area contributed by atoms with Gasteiger partial charge in [0.25, 0.3) is 0 Å². The van der Waals surface area contributed by atoms with Crippen molar-refractivity contribution in [3.8, 4) is 11.5 Å². The molecule has 0 saturated heterocycles. The minimum atomic E-state index is 0.0344. The predicted molar refractivity (Wildman–Crippen MR) is 96.9 cm³/mol. The van der Waals surface area contributed by atoms with Crippen molar-refractivity contribution in [3.63, 3.8) is 0 Å². The molecule has 1 unspecified atom stereocenters. The largest absolute Gasteiger partial charge is 0.495 e. The SMILES string of the molecule is COc1ccc(C(Br)c2cccc(Br)c2C)c(OC)c1Br. The number of halogens is 3. The molecule has 0 N–H and O–H groups in total. The summed E-state index contributed by atoms with van der Waals surface area (Å²) in [6.45, 7) is 2.10. The molecule has 0 aliphatic carbocycles. The molecule has 0 aliphatic rings. The lowest BCUT2D eigenvalue weighted by Gasteiger charge is -2.19. The average Bonchev–Trinajstić information content (AvgIpc) is 2.49. The first kappa shape index (κ1) is 16.8. The van der Waals surface area contributed by atoms with Crippen LogP contribution in [0.25, 0.3) is 0 Å². The molecule has 1 atom stereocenters. The highest BCUT2D eigenvalue weighted by atomic mass is 79.9. The van der Waals surface area contributed by atoms with Crippen LogP contribution in [0.4, 0.5) is 0 Å². The van der Waals surface area contributed by atoms with E-state index < -0.39 is 0 Å². The van der Waals surface area contributed by atoms with Crippen LogP contribution in [0.1, 0.15) is 21.5 Å². The minimum absolute atomic E-state index is 0.0344. The molecule has 2 nitrogen and oxygen atoms in total. The van der Waals surface area contributed by atoms with Crippen LogP contribution >= 0.6 is 47.8 Å². The molecular formula is C16H15Br3O2. The maximum Gasteiger partial charge on any atom is 0.141 e. The summed E-state index contributed by atoms with van der Waals surface area (Å²) in [6, 6.07) is 10.1. The predicted octanol–water partition coefficient (Wildman–Crippen LogP) is 6.02. The van der Waals surface area contributed by atoms with Gasteiger partial charge in [0.2, 0.25) is 0 Å². The third-order valence-electron chi connectivity index (χ3n) is 3.37. The van der Waals surface area contributed by atoms with Crippen LogP contribution in [-0.2, 0) is 0 Å². The standard InChI is InChI=1S/C16H15Br3O2/c1-9-10(5-4-6-12(9)17)14(18)11-7-8-13(20-2)15(19)16(11)21-3/h4-8,14H,1-3H3. The molecule has 112 valence electrons. The van der Waals surface area contributed by atoms with E-state index in [1.807, 2.05) is 24.3 Å². The summed E-state index contributed by atoms with van der Waals surface area (Å²) >= 11 is 10.9. The first-order valence-corrected chi connectivity index (χ1v) is 8.80. The van der Waals surface area contributed by atoms with Crippen LogP contribution < -0.4 is 9.47 Å². The van der Waals surface area contributed by atoms with Gasteiger partial charge in [-0.05, 0) is 46.1 Å². The minimum Gasteiger partial charge on any atom is -0.495 e. The molecule has 2 rings (SSSR count). The van der Waals surface area contributed by atoms with Crippen molar-refractivity contribution in [2.24, 2.45) is 0 Å². The zero-order valence-corrected chi connectivity index (χ0v) is 16.7. The van der Waals surface area contributed by atoms with Gasteiger partial charge in [-0.1, -0.05) is 50.1 Å². The molecule has 0 aliphatic heterocycles. The lowest BCUT2D eigenvalue weighted by molar-refractivity contribution is 0.386. The molecule has 0 heterocycles. The fourth-order valence-electron chi connectivity index (χ4n) is 2.18. The van der Waals surface area contributed by atoms with Gasteiger partial charge < -0.3 is 9.47 Å². The first-order chi connectivity index (χ1) is 10.0. The van der Waals surface area contributed by atoms with E-state index in [2.05, 4.69) is 60.8 Å². The zero-order valence-electron chi connectivity index (χ0n) is 11.9. The van der Waals surface area contributed by atoms with E-state index in [4.69, 9.17) is 9.47 Å². The van der Waals surface area contributed by atoms with Crippen LogP contribution in [0.2, 0.25) is 0 Å². The van der Waals surface area contributed by atoms with Crippen LogP contribution in [-0.4, -0.2) is 14.2 Å². The summed E-state index contributed by atoms with van der Waals surface area (Å²) in [7, 11) is 3.31. The molecule has 0 fully saturated rings. The van der Waals surface area contributed by atoms with Crippen LogP contribution in [0.15, 0.2) is 39.3 Å². The van der Waals surface area contributed by atoms with E-state index in [0.717, 1.165) is 26.0 Å². The Morgan fingerprint density at radius 2 is 1.67 bits per heavy atom. The third-order valence-corrected chi connectivity index (χ3v) is 5.97. The van der Waals surface area contributed by atoms with Crippen molar-refractivity contribution in [3.05, 3.63) is 56.0 Å². The number of alkyl halides is 1. The summed E-state index contributed by atoms with van der Waals surface area (Å²) < 4.78 is 12.8. The van der Waals surface area contributed by atoms with E-state index in [0.29, 0.717) is 0 Å². The summed E-state index contributed by atoms with van der Waals surface area (Å²) in [5.74, 6) is 1.52. The average molecular weight is 479 g/mol. The van der Waals surface area contributed by atoms with Gasteiger partial charge in [-0.3, -0.25) is 0 Å². The second kappa shape index (κ2) is 7.16. The quantitative estimate of drug-likeness (QED) is 0.500. The van der Waals surface area contributed by atoms with Crippen molar-refractivity contribution in [1.29, 1.82) is 0 Å². The lowest BCUT2D eigenvalue weighted by Crippen LogP contribution is -2.01. The smallest absolute Gasteiger partial charge is 0.141 e. The van der Waals surface area contributed by atoms with Gasteiger partial charge in [-0.2, -0.15) is 0 Å². The Morgan fingerprint density at radius 3 is 2.29 bits per heavy atom. The van der Waals surface area contributed by atoms with Gasteiger partial charge in [-0.15, -0.1) is 0 Å². The monoisotopic (exact) mass is 476 g/mol.